The van der Waals surface area contributed by atoms with Gasteiger partial charge in [0.2, 0.25) is 0 Å². The fourth-order valence-corrected chi connectivity index (χ4v) is 3.58. The first-order valence-corrected chi connectivity index (χ1v) is 7.42. The van der Waals surface area contributed by atoms with E-state index >= 15 is 0 Å². The lowest BCUT2D eigenvalue weighted by Gasteiger charge is -2.31. The molecule has 0 radical (unpaired) electrons. The van der Waals surface area contributed by atoms with Gasteiger partial charge in [-0.05, 0) is 5.56 Å². The largest absolute Gasteiger partial charge is 0.395 e. The van der Waals surface area contributed by atoms with Gasteiger partial charge in [0.1, 0.15) is 0 Å². The molecule has 1 aliphatic heterocycles. The van der Waals surface area contributed by atoms with E-state index in [1.54, 1.807) is 0 Å². The van der Waals surface area contributed by atoms with Gasteiger partial charge in [-0.25, -0.2) is 8.42 Å². The van der Waals surface area contributed by atoms with E-state index < -0.39 is 15.1 Å². The topological polar surface area (TPSA) is 57.6 Å². The zero-order valence-electron chi connectivity index (χ0n) is 9.62. The van der Waals surface area contributed by atoms with Gasteiger partial charge in [-0.2, -0.15) is 0 Å². The van der Waals surface area contributed by atoms with Gasteiger partial charge < -0.3 is 5.11 Å². The summed E-state index contributed by atoms with van der Waals surface area (Å²) in [6.07, 6.45) is 0. The number of aliphatic hydroxyl groups excluding tert-OH is 1. The number of hydrogen-bond donors (Lipinski definition) is 1. The highest BCUT2D eigenvalue weighted by Crippen LogP contribution is 2.14. The first kappa shape index (κ1) is 12.5. The fourth-order valence-electron chi connectivity index (χ4n) is 2.07. The molecular weight excluding hydrogens is 238 g/mol. The van der Waals surface area contributed by atoms with E-state index in [0.29, 0.717) is 13.1 Å². The summed E-state index contributed by atoms with van der Waals surface area (Å²) in [5.74, 6) is 0.144. The zero-order valence-corrected chi connectivity index (χ0v) is 10.4. The molecule has 1 aromatic rings. The third-order valence-electron chi connectivity index (χ3n) is 3.11. The van der Waals surface area contributed by atoms with E-state index in [0.717, 1.165) is 6.54 Å². The van der Waals surface area contributed by atoms with Crippen molar-refractivity contribution < 1.29 is 13.5 Å². The van der Waals surface area contributed by atoms with E-state index in [2.05, 4.69) is 4.90 Å². The zero-order chi connectivity index (χ0) is 12.3. The predicted octanol–water partition coefficient (Wildman–Crippen LogP) is 0.278. The second-order valence-electron chi connectivity index (χ2n) is 4.39. The summed E-state index contributed by atoms with van der Waals surface area (Å²) in [6, 6.07) is 9.95. The smallest absolute Gasteiger partial charge is 0.157 e. The summed E-state index contributed by atoms with van der Waals surface area (Å²) in [5, 5.41) is 8.48. The minimum atomic E-state index is -3.09. The van der Waals surface area contributed by atoms with Crippen molar-refractivity contribution in [3.8, 4) is 0 Å². The van der Waals surface area contributed by atoms with Crippen LogP contribution in [-0.4, -0.2) is 49.1 Å². The standard InChI is InChI=1S/C12H17NO3S/c14-10-12-9-13(6-7-17(12,15)16)8-11-4-2-1-3-5-11/h1-5,12,14H,6-10H2. The summed E-state index contributed by atoms with van der Waals surface area (Å²) in [7, 11) is -3.09. The first-order chi connectivity index (χ1) is 8.12. The van der Waals surface area contributed by atoms with Crippen LogP contribution in [0.3, 0.4) is 0 Å². The second kappa shape index (κ2) is 5.16. The Morgan fingerprint density at radius 3 is 2.65 bits per heavy atom. The summed E-state index contributed by atoms with van der Waals surface area (Å²) < 4.78 is 23.2. The van der Waals surface area contributed by atoms with Crippen molar-refractivity contribution in [3.05, 3.63) is 35.9 Å². The Hall–Kier alpha value is -0.910. The van der Waals surface area contributed by atoms with Gasteiger partial charge in [-0.1, -0.05) is 30.3 Å². The van der Waals surface area contributed by atoms with E-state index in [-0.39, 0.29) is 12.4 Å². The van der Waals surface area contributed by atoms with Crippen molar-refractivity contribution in [1.29, 1.82) is 0 Å². The Bertz CT molecular complexity index is 458. The predicted molar refractivity (Wildman–Crippen MR) is 66.4 cm³/mol. The third kappa shape index (κ3) is 3.06. The summed E-state index contributed by atoms with van der Waals surface area (Å²) in [5.41, 5.74) is 1.17. The van der Waals surface area contributed by atoms with Gasteiger partial charge in [0.05, 0.1) is 17.6 Å². The molecule has 0 saturated carbocycles. The third-order valence-corrected chi connectivity index (χ3v) is 5.18. The van der Waals surface area contributed by atoms with Gasteiger partial charge in [-0.15, -0.1) is 0 Å². The molecule has 0 aliphatic carbocycles. The van der Waals surface area contributed by atoms with Crippen molar-refractivity contribution >= 4 is 9.84 Å². The molecule has 1 aliphatic rings. The minimum absolute atomic E-state index is 0.144. The molecule has 1 fully saturated rings. The molecule has 1 aromatic carbocycles. The number of hydrogen-bond acceptors (Lipinski definition) is 4. The Morgan fingerprint density at radius 1 is 1.29 bits per heavy atom. The average molecular weight is 255 g/mol. The van der Waals surface area contributed by atoms with Crippen molar-refractivity contribution in [2.45, 2.75) is 11.8 Å². The van der Waals surface area contributed by atoms with Crippen molar-refractivity contribution in [2.75, 3.05) is 25.4 Å². The molecule has 0 amide bonds. The molecular formula is C12H17NO3S. The number of benzene rings is 1. The van der Waals surface area contributed by atoms with Crippen LogP contribution in [0.15, 0.2) is 30.3 Å². The van der Waals surface area contributed by atoms with Gasteiger partial charge in [0.15, 0.2) is 9.84 Å². The van der Waals surface area contributed by atoms with Crippen LogP contribution in [0.5, 0.6) is 0 Å². The SMILES string of the molecule is O=S1(=O)CCN(Cc2ccccc2)CC1CO. The first-order valence-electron chi connectivity index (χ1n) is 5.70. The van der Waals surface area contributed by atoms with Crippen LogP contribution in [-0.2, 0) is 16.4 Å². The number of aliphatic hydroxyl groups is 1. The highest BCUT2D eigenvalue weighted by molar-refractivity contribution is 7.92. The van der Waals surface area contributed by atoms with Crippen LogP contribution < -0.4 is 0 Å². The molecule has 94 valence electrons. The molecule has 4 nitrogen and oxygen atoms in total. The summed E-state index contributed by atoms with van der Waals surface area (Å²) in [4.78, 5) is 2.08. The Kier molecular flexibility index (Phi) is 3.81. The number of sulfone groups is 1. The van der Waals surface area contributed by atoms with Crippen molar-refractivity contribution in [1.82, 2.24) is 4.90 Å². The molecule has 17 heavy (non-hydrogen) atoms. The van der Waals surface area contributed by atoms with E-state index in [1.807, 2.05) is 30.3 Å². The molecule has 5 heteroatoms. The van der Waals surface area contributed by atoms with Gasteiger partial charge >= 0.3 is 0 Å². The quantitative estimate of drug-likeness (QED) is 0.843. The van der Waals surface area contributed by atoms with Gasteiger partial charge in [0.25, 0.3) is 0 Å². The number of rotatable bonds is 3. The monoisotopic (exact) mass is 255 g/mol. The lowest BCUT2D eigenvalue weighted by atomic mass is 10.2. The van der Waals surface area contributed by atoms with Crippen LogP contribution in [0.25, 0.3) is 0 Å². The lowest BCUT2D eigenvalue weighted by Crippen LogP contribution is -2.47. The van der Waals surface area contributed by atoms with E-state index in [4.69, 9.17) is 5.11 Å². The van der Waals surface area contributed by atoms with E-state index in [9.17, 15) is 8.42 Å². The van der Waals surface area contributed by atoms with Crippen LogP contribution in [0, 0.1) is 0 Å². The van der Waals surface area contributed by atoms with Gasteiger partial charge in [0, 0.05) is 19.6 Å². The maximum Gasteiger partial charge on any atom is 0.157 e. The Labute approximate surface area is 102 Å². The maximum absolute atomic E-state index is 11.6. The van der Waals surface area contributed by atoms with Crippen LogP contribution in [0.1, 0.15) is 5.56 Å². The maximum atomic E-state index is 11.6. The second-order valence-corrected chi connectivity index (χ2v) is 6.79. The van der Waals surface area contributed by atoms with Crippen LogP contribution in [0.4, 0.5) is 0 Å². The summed E-state index contributed by atoms with van der Waals surface area (Å²) >= 11 is 0. The highest BCUT2D eigenvalue weighted by atomic mass is 32.2. The molecule has 1 heterocycles. The van der Waals surface area contributed by atoms with Gasteiger partial charge in [-0.3, -0.25) is 4.90 Å². The van der Waals surface area contributed by atoms with E-state index in [1.165, 1.54) is 5.56 Å². The molecule has 0 spiro atoms. The Balaban J connectivity index is 2.01. The molecule has 2 rings (SSSR count). The molecule has 0 aromatic heterocycles. The average Bonchev–Trinajstić information content (AvgIpc) is 2.33. The lowest BCUT2D eigenvalue weighted by molar-refractivity contribution is 0.217. The summed E-state index contributed by atoms with van der Waals surface area (Å²) in [6.45, 7) is 1.43. The molecule has 0 bridgehead atoms. The van der Waals surface area contributed by atoms with Crippen LogP contribution >= 0.6 is 0 Å². The normalized spacial score (nSPS) is 24.6. The molecule has 1 N–H and O–H groups in total. The number of nitrogens with zero attached hydrogens (tertiary/aromatic N) is 1. The Morgan fingerprint density at radius 2 is 2.00 bits per heavy atom. The molecule has 1 saturated heterocycles. The van der Waals surface area contributed by atoms with Crippen molar-refractivity contribution in [3.63, 3.8) is 0 Å². The molecule has 1 unspecified atom stereocenters. The minimum Gasteiger partial charge on any atom is -0.395 e. The molecule has 1 atom stereocenters. The highest BCUT2D eigenvalue weighted by Gasteiger charge is 2.32. The fraction of sp³-hybridized carbons (Fsp3) is 0.500. The van der Waals surface area contributed by atoms with Crippen LogP contribution in [0.2, 0.25) is 0 Å². The van der Waals surface area contributed by atoms with Crippen molar-refractivity contribution in [2.24, 2.45) is 0 Å².